The van der Waals surface area contributed by atoms with Gasteiger partial charge >= 0.3 is 0 Å². The molecule has 0 saturated heterocycles. The first-order valence-corrected chi connectivity index (χ1v) is 20.8. The molecule has 0 saturated carbocycles. The zero-order valence-corrected chi connectivity index (χ0v) is 34.1. The molecule has 0 aliphatic carbocycles. The fraction of sp³-hybridized carbons (Fsp3) is 0.0408. The monoisotopic (exact) mass is 793 g/mol. The van der Waals surface area contributed by atoms with E-state index in [-0.39, 0.29) is 0 Å². The number of hydrogen-bond donors (Lipinski definition) is 0. The van der Waals surface area contributed by atoms with Gasteiger partial charge in [-0.2, -0.15) is 0 Å². The first-order valence-electron chi connectivity index (χ1n) is 19.1. The summed E-state index contributed by atoms with van der Waals surface area (Å²) in [5.41, 5.74) is 12.9. The molecule has 59 heavy (non-hydrogen) atoms. The van der Waals surface area contributed by atoms with Crippen LogP contribution in [0.3, 0.4) is 0 Å². The summed E-state index contributed by atoms with van der Waals surface area (Å²) in [4.78, 5) is 25.0. The number of aromatic nitrogens is 6. The van der Waals surface area contributed by atoms with Crippen LogP contribution in [0.2, 0.25) is 6.82 Å². The summed E-state index contributed by atoms with van der Waals surface area (Å²) in [7, 11) is 8.21. The van der Waals surface area contributed by atoms with Crippen LogP contribution < -0.4 is 10.5 Å². The predicted octanol–water partition coefficient (Wildman–Crippen LogP) is 11.0. The zero-order valence-electron chi connectivity index (χ0n) is 32.5. The van der Waals surface area contributed by atoms with Crippen LogP contribution in [0.15, 0.2) is 153 Å². The SMILES string of the molecule is [B]c1nc2cc(-n3c(C)c(/C=C\C=C)c(/C=C(\C=C)c4cccc(-c5nc6cc(-c7nc(-c8ccccc8)nc(-c8ccccc8)n7)ccc6s5)c4)c3[B]C)ccc2s1. The summed E-state index contributed by atoms with van der Waals surface area (Å²) in [6, 6.07) is 41.1. The van der Waals surface area contributed by atoms with E-state index in [1.165, 1.54) is 11.3 Å². The van der Waals surface area contributed by atoms with Crippen molar-refractivity contribution >= 4 is 86.5 Å². The summed E-state index contributed by atoms with van der Waals surface area (Å²) >= 11 is 3.15. The maximum absolute atomic E-state index is 6.06. The molecule has 6 nitrogen and oxygen atoms in total. The van der Waals surface area contributed by atoms with E-state index >= 15 is 0 Å². The Kier molecular flexibility index (Phi) is 10.4. The molecule has 3 radical (unpaired) electrons. The van der Waals surface area contributed by atoms with E-state index in [1.54, 1.807) is 17.4 Å². The third-order valence-corrected chi connectivity index (χ3v) is 12.1. The molecular weight excluding hydrogens is 758 g/mol. The summed E-state index contributed by atoms with van der Waals surface area (Å²) in [6.45, 7) is 12.4. The topological polar surface area (TPSA) is 69.4 Å². The number of hydrogen-bond acceptors (Lipinski definition) is 7. The van der Waals surface area contributed by atoms with Gasteiger partial charge < -0.3 is 4.57 Å². The van der Waals surface area contributed by atoms with Crippen LogP contribution in [0.1, 0.15) is 22.4 Å². The second kappa shape index (κ2) is 16.3. The Morgan fingerprint density at radius 2 is 1.31 bits per heavy atom. The van der Waals surface area contributed by atoms with Crippen molar-refractivity contribution in [2.45, 2.75) is 13.7 Å². The van der Waals surface area contributed by atoms with Gasteiger partial charge in [0, 0.05) is 44.1 Å². The van der Waals surface area contributed by atoms with Crippen LogP contribution in [-0.4, -0.2) is 44.6 Å². The Labute approximate surface area is 353 Å². The maximum Gasteiger partial charge on any atom is 0.172 e. The second-order valence-electron chi connectivity index (χ2n) is 13.8. The highest BCUT2D eigenvalue weighted by atomic mass is 32.1. The third-order valence-electron chi connectivity index (χ3n) is 10.2. The lowest BCUT2D eigenvalue weighted by Gasteiger charge is -2.12. The second-order valence-corrected chi connectivity index (χ2v) is 15.9. The number of fused-ring (bicyclic) bond motifs is 2. The van der Waals surface area contributed by atoms with Crippen molar-refractivity contribution in [2.24, 2.45) is 0 Å². The smallest absolute Gasteiger partial charge is 0.172 e. The van der Waals surface area contributed by atoms with Crippen molar-refractivity contribution in [1.82, 2.24) is 29.5 Å². The van der Waals surface area contributed by atoms with Gasteiger partial charge in [0.25, 0.3) is 0 Å². The van der Waals surface area contributed by atoms with E-state index in [0.717, 1.165) is 86.9 Å². The number of benzene rings is 5. The third kappa shape index (κ3) is 7.44. The summed E-state index contributed by atoms with van der Waals surface area (Å²) < 4.78 is 4.41. The highest BCUT2D eigenvalue weighted by molar-refractivity contribution is 7.25. The zero-order chi connectivity index (χ0) is 40.5. The average molecular weight is 794 g/mol. The largest absolute Gasteiger partial charge is 0.327 e. The highest BCUT2D eigenvalue weighted by Crippen LogP contribution is 2.35. The summed E-state index contributed by atoms with van der Waals surface area (Å²) in [5.74, 6) is 1.85. The van der Waals surface area contributed by atoms with Crippen LogP contribution in [0.25, 0.3) is 88.6 Å². The van der Waals surface area contributed by atoms with Crippen molar-refractivity contribution in [3.05, 3.63) is 175 Å². The van der Waals surface area contributed by atoms with Gasteiger partial charge in [-0.25, -0.2) is 19.9 Å². The van der Waals surface area contributed by atoms with Gasteiger partial charge in [0.1, 0.15) is 5.01 Å². The average Bonchev–Trinajstić information content (AvgIpc) is 3.96. The van der Waals surface area contributed by atoms with Crippen molar-refractivity contribution in [3.63, 3.8) is 0 Å². The van der Waals surface area contributed by atoms with Crippen LogP contribution in [-0.2, 0) is 0 Å². The van der Waals surface area contributed by atoms with Crippen LogP contribution in [0.4, 0.5) is 0 Å². The summed E-state index contributed by atoms with van der Waals surface area (Å²) in [5, 5.41) is 0.922. The molecule has 9 rings (SSSR count). The van der Waals surface area contributed by atoms with E-state index < -0.39 is 0 Å². The first kappa shape index (κ1) is 37.8. The molecule has 0 bridgehead atoms. The lowest BCUT2D eigenvalue weighted by molar-refractivity contribution is 1.04. The van der Waals surface area contributed by atoms with Crippen LogP contribution in [0, 0.1) is 6.92 Å². The van der Waals surface area contributed by atoms with Gasteiger partial charge in [-0.15, -0.1) is 22.7 Å². The molecule has 5 aromatic carbocycles. The number of rotatable bonds is 11. The van der Waals surface area contributed by atoms with E-state index in [9.17, 15) is 0 Å². The number of allylic oxidation sites excluding steroid dienone is 4. The Balaban J connectivity index is 1.09. The Morgan fingerprint density at radius 3 is 1.98 bits per heavy atom. The Morgan fingerprint density at radius 1 is 0.661 bits per heavy atom. The lowest BCUT2D eigenvalue weighted by atomic mass is 9.74. The molecule has 0 atom stereocenters. The van der Waals surface area contributed by atoms with Gasteiger partial charge in [-0.05, 0) is 77.8 Å². The molecule has 0 fully saturated rings. The Bertz CT molecular complexity index is 3050. The van der Waals surface area contributed by atoms with Crippen LogP contribution in [0.5, 0.6) is 0 Å². The highest BCUT2D eigenvalue weighted by Gasteiger charge is 2.20. The summed E-state index contributed by atoms with van der Waals surface area (Å²) in [6.07, 6.45) is 10.0. The molecule has 0 spiro atoms. The quantitative estimate of drug-likeness (QED) is 0.0964. The first-order chi connectivity index (χ1) is 28.9. The van der Waals surface area contributed by atoms with E-state index in [2.05, 4.69) is 117 Å². The van der Waals surface area contributed by atoms with E-state index in [0.29, 0.717) is 22.4 Å². The molecule has 10 heteroatoms. The Hall–Kier alpha value is -6.74. The molecule has 279 valence electrons. The minimum atomic E-state index is 0.560. The molecule has 9 aromatic rings. The van der Waals surface area contributed by atoms with Gasteiger partial charge in [0.05, 0.1) is 20.4 Å². The van der Waals surface area contributed by atoms with Crippen molar-refractivity contribution in [1.29, 1.82) is 0 Å². The standard InChI is InChI=1S/C49H35B2N6S2/c1-5-7-21-38-30(3)57(37-23-25-43-41(29-37)53-49(50)59-43)44(51-4)39(38)27-31(6-2)34-19-14-20-36(26-34)48-52-40-28-35(22-24-42(40)58-48)47-55-45(32-15-10-8-11-16-32)54-46(56-47)33-17-12-9-13-18-33/h5-29H,1-2H2,3-4H3/b21-7-,31-27+. The fourth-order valence-corrected chi connectivity index (χ4v) is 9.00. The van der Waals surface area contributed by atoms with Crippen molar-refractivity contribution < 1.29 is 0 Å². The van der Waals surface area contributed by atoms with Crippen molar-refractivity contribution in [2.75, 3.05) is 0 Å². The lowest BCUT2D eigenvalue weighted by Crippen LogP contribution is -2.24. The molecule has 0 aliphatic rings. The predicted molar refractivity (Wildman–Crippen MR) is 252 cm³/mol. The molecular formula is C49H35B2N6S2. The normalized spacial score (nSPS) is 11.8. The van der Waals surface area contributed by atoms with E-state index in [4.69, 9.17) is 27.8 Å². The van der Waals surface area contributed by atoms with Crippen molar-refractivity contribution in [3.8, 4) is 50.4 Å². The minimum Gasteiger partial charge on any atom is -0.327 e. The van der Waals surface area contributed by atoms with Gasteiger partial charge in [0.2, 0.25) is 0 Å². The molecule has 0 aliphatic heterocycles. The van der Waals surface area contributed by atoms with Gasteiger partial charge in [0.15, 0.2) is 32.6 Å². The van der Waals surface area contributed by atoms with Gasteiger partial charge in [-0.3, -0.25) is 4.98 Å². The fourth-order valence-electron chi connectivity index (χ4n) is 7.35. The number of nitrogens with zero attached hydrogens (tertiary/aromatic N) is 6. The van der Waals surface area contributed by atoms with Gasteiger partial charge in [-0.1, -0.05) is 123 Å². The molecule has 0 amide bonds. The maximum atomic E-state index is 6.06. The van der Waals surface area contributed by atoms with E-state index in [1.807, 2.05) is 72.8 Å². The van der Waals surface area contributed by atoms with Crippen LogP contribution >= 0.6 is 22.7 Å². The number of thiazole rings is 2. The molecule has 0 N–H and O–H groups in total. The minimum absolute atomic E-state index is 0.560. The molecule has 0 unspecified atom stereocenters. The molecule has 4 aromatic heterocycles. The molecule has 4 heterocycles.